The number of benzene rings is 1. The molecule has 0 saturated carbocycles. The van der Waals surface area contributed by atoms with Gasteiger partial charge >= 0.3 is 0 Å². The summed E-state index contributed by atoms with van der Waals surface area (Å²) in [5.41, 5.74) is 4.33. The standard InChI is InChI=1S/C14H18N2OS/c1-9-7-15-11(6-13(9)17-2)10-3-4-14-12(5-10)16-8-18-14/h3-5,8-9,11,13,15H,6-7H2,1-2H3/t9-,11-,13+/m0/s1. The van der Waals surface area contributed by atoms with Crippen molar-refractivity contribution in [3.8, 4) is 0 Å². The summed E-state index contributed by atoms with van der Waals surface area (Å²) in [5, 5.41) is 3.60. The average Bonchev–Trinajstić information content (AvgIpc) is 2.86. The maximum Gasteiger partial charge on any atom is 0.0815 e. The number of nitrogens with zero attached hydrogens (tertiary/aromatic N) is 1. The Kier molecular flexibility index (Phi) is 3.33. The SMILES string of the molecule is CO[C@@H]1C[C@@H](c2ccc3scnc3c2)NC[C@@H]1C. The number of rotatable bonds is 2. The van der Waals surface area contributed by atoms with E-state index in [4.69, 9.17) is 4.74 Å². The molecule has 1 fully saturated rings. The van der Waals surface area contributed by atoms with E-state index >= 15 is 0 Å². The van der Waals surface area contributed by atoms with Gasteiger partial charge in [-0.05, 0) is 30.0 Å². The van der Waals surface area contributed by atoms with Gasteiger partial charge in [0.15, 0.2) is 0 Å². The maximum absolute atomic E-state index is 5.57. The van der Waals surface area contributed by atoms with E-state index in [-0.39, 0.29) is 0 Å². The highest BCUT2D eigenvalue weighted by Gasteiger charge is 2.28. The molecule has 0 bridgehead atoms. The number of hydrogen-bond donors (Lipinski definition) is 1. The lowest BCUT2D eigenvalue weighted by molar-refractivity contribution is 0.0237. The van der Waals surface area contributed by atoms with Crippen molar-refractivity contribution in [1.82, 2.24) is 10.3 Å². The Labute approximate surface area is 111 Å². The molecule has 0 amide bonds. The van der Waals surface area contributed by atoms with E-state index in [0.29, 0.717) is 18.1 Å². The molecule has 2 heterocycles. The zero-order valence-corrected chi connectivity index (χ0v) is 11.5. The van der Waals surface area contributed by atoms with Crippen LogP contribution in [0.1, 0.15) is 24.9 Å². The second kappa shape index (κ2) is 4.96. The van der Waals surface area contributed by atoms with Gasteiger partial charge in [0.1, 0.15) is 0 Å². The number of hydrogen-bond acceptors (Lipinski definition) is 4. The smallest absolute Gasteiger partial charge is 0.0815 e. The number of fused-ring (bicyclic) bond motifs is 1. The van der Waals surface area contributed by atoms with Gasteiger partial charge < -0.3 is 10.1 Å². The van der Waals surface area contributed by atoms with Crippen LogP contribution in [-0.2, 0) is 4.74 Å². The molecular weight excluding hydrogens is 244 g/mol. The Morgan fingerprint density at radius 2 is 2.33 bits per heavy atom. The summed E-state index contributed by atoms with van der Waals surface area (Å²) in [6.07, 6.45) is 1.38. The van der Waals surface area contributed by atoms with Crippen LogP contribution in [0, 0.1) is 5.92 Å². The summed E-state index contributed by atoms with van der Waals surface area (Å²) in [5.74, 6) is 0.578. The third kappa shape index (κ3) is 2.16. The zero-order valence-electron chi connectivity index (χ0n) is 10.7. The molecule has 1 N–H and O–H groups in total. The normalized spacial score (nSPS) is 28.7. The van der Waals surface area contributed by atoms with Gasteiger partial charge in [-0.25, -0.2) is 4.98 Å². The van der Waals surface area contributed by atoms with Gasteiger partial charge in [-0.1, -0.05) is 13.0 Å². The molecule has 0 radical (unpaired) electrons. The van der Waals surface area contributed by atoms with Crippen LogP contribution < -0.4 is 5.32 Å². The fourth-order valence-electron chi connectivity index (χ4n) is 2.68. The highest BCUT2D eigenvalue weighted by atomic mass is 32.1. The average molecular weight is 262 g/mol. The van der Waals surface area contributed by atoms with Crippen molar-refractivity contribution >= 4 is 21.6 Å². The number of piperidine rings is 1. The topological polar surface area (TPSA) is 34.1 Å². The summed E-state index contributed by atoms with van der Waals surface area (Å²) in [7, 11) is 1.81. The van der Waals surface area contributed by atoms with Crippen molar-refractivity contribution in [2.75, 3.05) is 13.7 Å². The first kappa shape index (κ1) is 12.1. The third-order valence-corrected chi connectivity index (χ3v) is 4.66. The van der Waals surface area contributed by atoms with Crippen LogP contribution >= 0.6 is 11.3 Å². The first-order valence-corrected chi connectivity index (χ1v) is 7.25. The van der Waals surface area contributed by atoms with Crippen molar-refractivity contribution in [3.05, 3.63) is 29.3 Å². The van der Waals surface area contributed by atoms with Crippen molar-refractivity contribution in [3.63, 3.8) is 0 Å². The Morgan fingerprint density at radius 1 is 1.44 bits per heavy atom. The highest BCUT2D eigenvalue weighted by Crippen LogP contribution is 2.30. The van der Waals surface area contributed by atoms with E-state index in [1.54, 1.807) is 11.3 Å². The molecule has 2 aromatic rings. The fourth-order valence-corrected chi connectivity index (χ4v) is 3.34. The number of aromatic nitrogens is 1. The number of nitrogens with one attached hydrogen (secondary N) is 1. The lowest BCUT2D eigenvalue weighted by atomic mass is 9.89. The Balaban J connectivity index is 1.85. The zero-order chi connectivity index (χ0) is 12.5. The molecule has 1 aliphatic heterocycles. The minimum Gasteiger partial charge on any atom is -0.381 e. The summed E-state index contributed by atoms with van der Waals surface area (Å²) < 4.78 is 6.83. The second-order valence-electron chi connectivity index (χ2n) is 5.03. The Morgan fingerprint density at radius 3 is 3.17 bits per heavy atom. The molecule has 0 unspecified atom stereocenters. The first-order chi connectivity index (χ1) is 8.78. The van der Waals surface area contributed by atoms with Crippen LogP contribution in [-0.4, -0.2) is 24.7 Å². The molecule has 1 aromatic heterocycles. The summed E-state index contributed by atoms with van der Waals surface area (Å²) in [6.45, 7) is 3.25. The van der Waals surface area contributed by atoms with E-state index in [0.717, 1.165) is 18.5 Å². The van der Waals surface area contributed by atoms with E-state index in [1.165, 1.54) is 10.3 Å². The highest BCUT2D eigenvalue weighted by molar-refractivity contribution is 7.16. The molecule has 3 rings (SSSR count). The summed E-state index contributed by atoms with van der Waals surface area (Å²) >= 11 is 1.69. The molecule has 1 aromatic carbocycles. The Bertz CT molecular complexity index is 539. The first-order valence-electron chi connectivity index (χ1n) is 6.37. The lowest BCUT2D eigenvalue weighted by Crippen LogP contribution is -2.41. The van der Waals surface area contributed by atoms with E-state index < -0.39 is 0 Å². The van der Waals surface area contributed by atoms with Crippen LogP contribution in [0.3, 0.4) is 0 Å². The quantitative estimate of drug-likeness (QED) is 0.903. The largest absolute Gasteiger partial charge is 0.381 e. The van der Waals surface area contributed by atoms with E-state index in [2.05, 4.69) is 35.4 Å². The van der Waals surface area contributed by atoms with Crippen molar-refractivity contribution < 1.29 is 4.74 Å². The van der Waals surface area contributed by atoms with E-state index in [1.807, 2.05) is 12.6 Å². The molecule has 96 valence electrons. The molecule has 18 heavy (non-hydrogen) atoms. The molecule has 3 atom stereocenters. The minimum absolute atomic E-state index is 0.349. The molecule has 0 aliphatic carbocycles. The molecule has 1 saturated heterocycles. The van der Waals surface area contributed by atoms with Crippen LogP contribution in [0.2, 0.25) is 0 Å². The number of methoxy groups -OCH3 is 1. The van der Waals surface area contributed by atoms with Gasteiger partial charge in [0, 0.05) is 19.7 Å². The van der Waals surface area contributed by atoms with Gasteiger partial charge in [0.2, 0.25) is 0 Å². The van der Waals surface area contributed by atoms with Gasteiger partial charge in [-0.15, -0.1) is 11.3 Å². The summed E-state index contributed by atoms with van der Waals surface area (Å²) in [4.78, 5) is 4.39. The van der Waals surface area contributed by atoms with Crippen molar-refractivity contribution in [2.24, 2.45) is 5.92 Å². The van der Waals surface area contributed by atoms with Crippen LogP contribution in [0.25, 0.3) is 10.2 Å². The van der Waals surface area contributed by atoms with Gasteiger partial charge in [0.25, 0.3) is 0 Å². The van der Waals surface area contributed by atoms with Crippen LogP contribution in [0.4, 0.5) is 0 Å². The molecule has 4 heteroatoms. The maximum atomic E-state index is 5.57. The second-order valence-corrected chi connectivity index (χ2v) is 5.91. The van der Waals surface area contributed by atoms with E-state index in [9.17, 15) is 0 Å². The van der Waals surface area contributed by atoms with Gasteiger partial charge in [0.05, 0.1) is 21.8 Å². The van der Waals surface area contributed by atoms with Crippen molar-refractivity contribution in [2.45, 2.75) is 25.5 Å². The molecule has 3 nitrogen and oxygen atoms in total. The number of thiazole rings is 1. The van der Waals surface area contributed by atoms with Gasteiger partial charge in [-0.3, -0.25) is 0 Å². The van der Waals surface area contributed by atoms with Crippen LogP contribution in [0.15, 0.2) is 23.7 Å². The van der Waals surface area contributed by atoms with Crippen molar-refractivity contribution in [1.29, 1.82) is 0 Å². The Hall–Kier alpha value is -0.970. The monoisotopic (exact) mass is 262 g/mol. The molecule has 1 aliphatic rings. The van der Waals surface area contributed by atoms with Crippen LogP contribution in [0.5, 0.6) is 0 Å². The predicted molar refractivity (Wildman–Crippen MR) is 74.9 cm³/mol. The predicted octanol–water partition coefficient (Wildman–Crippen LogP) is 2.98. The van der Waals surface area contributed by atoms with Gasteiger partial charge in [-0.2, -0.15) is 0 Å². The molecule has 0 spiro atoms. The number of ether oxygens (including phenoxy) is 1. The summed E-state index contributed by atoms with van der Waals surface area (Å²) in [6, 6.07) is 6.97. The molecular formula is C14H18N2OS. The lowest BCUT2D eigenvalue weighted by Gasteiger charge is -2.34. The fraction of sp³-hybridized carbons (Fsp3) is 0.500. The minimum atomic E-state index is 0.349. The third-order valence-electron chi connectivity index (χ3n) is 3.85.